The maximum atomic E-state index is 13.0. The van der Waals surface area contributed by atoms with Crippen LogP contribution in [0.4, 0.5) is 10.1 Å². The molecule has 1 aromatic carbocycles. The number of carbonyl (C=O) groups is 1. The van der Waals surface area contributed by atoms with Crippen LogP contribution in [0, 0.1) is 5.82 Å². The topological polar surface area (TPSA) is 46.3 Å². The number of anilines is 1. The van der Waals surface area contributed by atoms with E-state index in [1.807, 2.05) is 0 Å². The minimum Gasteiger partial charge on any atom is -0.320 e. The summed E-state index contributed by atoms with van der Waals surface area (Å²) in [4.78, 5) is 13.3. The fraction of sp³-hybridized carbons (Fsp3) is 0.364. The number of benzene rings is 1. The van der Waals surface area contributed by atoms with Crippen LogP contribution in [-0.2, 0) is 11.2 Å². The first-order chi connectivity index (χ1) is 7.09. The summed E-state index contributed by atoms with van der Waals surface area (Å²) >= 11 is 0. The Bertz CT molecular complexity index is 404. The molecule has 1 aromatic rings. The summed E-state index contributed by atoms with van der Waals surface area (Å²) in [6.45, 7) is 2.23. The lowest BCUT2D eigenvalue weighted by molar-refractivity contribution is -0.119. The van der Waals surface area contributed by atoms with E-state index >= 15 is 0 Å². The number of hydrogen-bond donors (Lipinski definition) is 1. The monoisotopic (exact) mass is 208 g/mol. The number of fused-ring (bicyclic) bond motifs is 1. The van der Waals surface area contributed by atoms with Crippen LogP contribution in [0.15, 0.2) is 18.2 Å². The Morgan fingerprint density at radius 1 is 1.60 bits per heavy atom. The predicted octanol–water partition coefficient (Wildman–Crippen LogP) is 1.06. The van der Waals surface area contributed by atoms with E-state index in [0.29, 0.717) is 12.2 Å². The van der Waals surface area contributed by atoms with Crippen LogP contribution in [-0.4, -0.2) is 18.5 Å². The van der Waals surface area contributed by atoms with Crippen molar-refractivity contribution in [1.29, 1.82) is 0 Å². The second kappa shape index (κ2) is 3.62. The highest BCUT2D eigenvalue weighted by atomic mass is 19.1. The minimum atomic E-state index is -0.542. The van der Waals surface area contributed by atoms with Crippen LogP contribution in [0.2, 0.25) is 0 Å². The lowest BCUT2D eigenvalue weighted by Crippen LogP contribution is -2.41. The van der Waals surface area contributed by atoms with Crippen LogP contribution in [0.3, 0.4) is 0 Å². The highest BCUT2D eigenvalue weighted by Crippen LogP contribution is 2.28. The highest BCUT2D eigenvalue weighted by Gasteiger charge is 2.26. The number of halogens is 1. The molecule has 0 bridgehead atoms. The van der Waals surface area contributed by atoms with Gasteiger partial charge in [0.05, 0.1) is 6.04 Å². The molecule has 1 heterocycles. The van der Waals surface area contributed by atoms with Crippen molar-refractivity contribution in [2.75, 3.05) is 11.4 Å². The first-order valence-corrected chi connectivity index (χ1v) is 4.95. The normalized spacial score (nSPS) is 16.3. The number of rotatable bonds is 1. The van der Waals surface area contributed by atoms with Gasteiger partial charge in [0.1, 0.15) is 5.82 Å². The van der Waals surface area contributed by atoms with E-state index in [4.69, 9.17) is 5.73 Å². The summed E-state index contributed by atoms with van der Waals surface area (Å²) in [6, 6.07) is 3.99. The molecule has 2 rings (SSSR count). The third-order valence-corrected chi connectivity index (χ3v) is 2.60. The van der Waals surface area contributed by atoms with Crippen LogP contribution in [0.5, 0.6) is 0 Å². The Labute approximate surface area is 87.7 Å². The van der Waals surface area contributed by atoms with E-state index < -0.39 is 6.04 Å². The molecule has 0 aromatic heterocycles. The SMILES string of the molecule is CC(N)C(=O)N1CCc2ccc(F)cc21. The van der Waals surface area contributed by atoms with Crippen molar-refractivity contribution in [3.63, 3.8) is 0 Å². The molecule has 0 spiro atoms. The molecule has 0 saturated carbocycles. The quantitative estimate of drug-likeness (QED) is 0.750. The highest BCUT2D eigenvalue weighted by molar-refractivity contribution is 5.98. The minimum absolute atomic E-state index is 0.153. The molecule has 80 valence electrons. The zero-order valence-corrected chi connectivity index (χ0v) is 8.53. The van der Waals surface area contributed by atoms with E-state index in [1.165, 1.54) is 12.1 Å². The Morgan fingerprint density at radius 3 is 3.00 bits per heavy atom. The Balaban J connectivity index is 2.35. The number of hydrogen-bond acceptors (Lipinski definition) is 2. The summed E-state index contributed by atoms with van der Waals surface area (Å²) in [5.41, 5.74) is 7.20. The standard InChI is InChI=1S/C11H13FN2O/c1-7(13)11(15)14-5-4-8-2-3-9(12)6-10(8)14/h2-3,6-7H,4-5,13H2,1H3. The first-order valence-electron chi connectivity index (χ1n) is 4.95. The first kappa shape index (κ1) is 10.1. The lowest BCUT2D eigenvalue weighted by Gasteiger charge is -2.19. The summed E-state index contributed by atoms with van der Waals surface area (Å²) < 4.78 is 13.0. The third-order valence-electron chi connectivity index (χ3n) is 2.60. The van der Waals surface area contributed by atoms with Gasteiger partial charge < -0.3 is 10.6 Å². The van der Waals surface area contributed by atoms with Crippen molar-refractivity contribution in [1.82, 2.24) is 0 Å². The zero-order valence-electron chi connectivity index (χ0n) is 8.53. The fourth-order valence-electron chi connectivity index (χ4n) is 1.83. The van der Waals surface area contributed by atoms with Gasteiger partial charge >= 0.3 is 0 Å². The van der Waals surface area contributed by atoms with Gasteiger partial charge in [-0.05, 0) is 31.0 Å². The molecule has 15 heavy (non-hydrogen) atoms. The summed E-state index contributed by atoms with van der Waals surface area (Å²) in [7, 11) is 0. The average Bonchev–Trinajstić information content (AvgIpc) is 2.59. The van der Waals surface area contributed by atoms with E-state index in [9.17, 15) is 9.18 Å². The fourth-order valence-corrected chi connectivity index (χ4v) is 1.83. The number of nitrogens with zero attached hydrogens (tertiary/aromatic N) is 1. The number of carbonyl (C=O) groups excluding carboxylic acids is 1. The smallest absolute Gasteiger partial charge is 0.243 e. The second-order valence-electron chi connectivity index (χ2n) is 3.80. The van der Waals surface area contributed by atoms with E-state index in [2.05, 4.69) is 0 Å². The van der Waals surface area contributed by atoms with Crippen LogP contribution in [0.25, 0.3) is 0 Å². The van der Waals surface area contributed by atoms with Crippen molar-refractivity contribution in [2.24, 2.45) is 5.73 Å². The molecule has 1 aliphatic heterocycles. The van der Waals surface area contributed by atoms with Gasteiger partial charge in [-0.1, -0.05) is 6.07 Å². The molecule has 3 nitrogen and oxygen atoms in total. The molecule has 0 radical (unpaired) electrons. The van der Waals surface area contributed by atoms with E-state index in [0.717, 1.165) is 12.0 Å². The summed E-state index contributed by atoms with van der Waals surface area (Å²) in [5.74, 6) is -0.475. The molecule has 0 saturated heterocycles. The van der Waals surface area contributed by atoms with Gasteiger partial charge in [0.2, 0.25) is 5.91 Å². The summed E-state index contributed by atoms with van der Waals surface area (Å²) in [6.07, 6.45) is 0.772. The van der Waals surface area contributed by atoms with Gasteiger partial charge in [-0.15, -0.1) is 0 Å². The third kappa shape index (κ3) is 1.72. The van der Waals surface area contributed by atoms with Gasteiger partial charge in [-0.2, -0.15) is 0 Å². The van der Waals surface area contributed by atoms with Gasteiger partial charge in [0.15, 0.2) is 0 Å². The Hall–Kier alpha value is -1.42. The molecule has 1 unspecified atom stereocenters. The molecule has 1 atom stereocenters. The summed E-state index contributed by atoms with van der Waals surface area (Å²) in [5, 5.41) is 0. The molecule has 2 N–H and O–H groups in total. The van der Waals surface area contributed by atoms with Gasteiger partial charge in [-0.25, -0.2) is 4.39 Å². The van der Waals surface area contributed by atoms with Crippen molar-refractivity contribution < 1.29 is 9.18 Å². The Kier molecular flexibility index (Phi) is 2.44. The van der Waals surface area contributed by atoms with Crippen LogP contribution in [0.1, 0.15) is 12.5 Å². The second-order valence-corrected chi connectivity index (χ2v) is 3.80. The zero-order chi connectivity index (χ0) is 11.0. The van der Waals surface area contributed by atoms with Gasteiger partial charge in [-0.3, -0.25) is 4.79 Å². The molecule has 1 aliphatic rings. The molecule has 0 fully saturated rings. The van der Waals surface area contributed by atoms with Crippen molar-refractivity contribution in [3.05, 3.63) is 29.6 Å². The van der Waals surface area contributed by atoms with E-state index in [-0.39, 0.29) is 11.7 Å². The molecular formula is C11H13FN2O. The molecule has 0 aliphatic carbocycles. The average molecular weight is 208 g/mol. The molecule has 1 amide bonds. The largest absolute Gasteiger partial charge is 0.320 e. The van der Waals surface area contributed by atoms with Crippen molar-refractivity contribution in [2.45, 2.75) is 19.4 Å². The van der Waals surface area contributed by atoms with Crippen LogP contribution >= 0.6 is 0 Å². The van der Waals surface area contributed by atoms with Gasteiger partial charge in [0.25, 0.3) is 0 Å². The van der Waals surface area contributed by atoms with E-state index in [1.54, 1.807) is 17.9 Å². The lowest BCUT2D eigenvalue weighted by atomic mass is 10.1. The molecular weight excluding hydrogens is 195 g/mol. The van der Waals surface area contributed by atoms with Gasteiger partial charge in [0, 0.05) is 12.2 Å². The number of amides is 1. The Morgan fingerprint density at radius 2 is 2.33 bits per heavy atom. The number of nitrogens with two attached hydrogens (primary N) is 1. The molecule has 4 heteroatoms. The van der Waals surface area contributed by atoms with Crippen molar-refractivity contribution >= 4 is 11.6 Å². The maximum absolute atomic E-state index is 13.0. The maximum Gasteiger partial charge on any atom is 0.243 e. The predicted molar refractivity (Wildman–Crippen MR) is 56.1 cm³/mol. The van der Waals surface area contributed by atoms with Crippen molar-refractivity contribution in [3.8, 4) is 0 Å². The van der Waals surface area contributed by atoms with Crippen LogP contribution < -0.4 is 10.6 Å².